The van der Waals surface area contributed by atoms with Crippen molar-refractivity contribution in [1.82, 2.24) is 15.0 Å². The zero-order valence-electron chi connectivity index (χ0n) is 10.2. The van der Waals surface area contributed by atoms with Crippen molar-refractivity contribution in [2.45, 2.75) is 16.2 Å². The maximum absolute atomic E-state index is 12.7. The Morgan fingerprint density at radius 1 is 1.29 bits per heavy atom. The third-order valence-corrected chi connectivity index (χ3v) is 3.25. The molecule has 0 unspecified atom stereocenters. The minimum atomic E-state index is -4.59. The molecule has 6 nitrogen and oxygen atoms in total. The third-order valence-electron chi connectivity index (χ3n) is 2.29. The molecule has 0 aromatic carbocycles. The second kappa shape index (κ2) is 5.95. The van der Waals surface area contributed by atoms with Gasteiger partial charge in [0, 0.05) is 6.20 Å². The summed E-state index contributed by atoms with van der Waals surface area (Å²) in [5.74, 6) is -0.340. The Labute approximate surface area is 120 Å². The van der Waals surface area contributed by atoms with Gasteiger partial charge in [-0.1, -0.05) is 5.16 Å². The number of hydrogen-bond donors (Lipinski definition) is 2. The summed E-state index contributed by atoms with van der Waals surface area (Å²) >= 11 is 0.854. The van der Waals surface area contributed by atoms with Crippen molar-refractivity contribution in [2.75, 3.05) is 0 Å². The topological polar surface area (TPSA) is 97.3 Å². The van der Waals surface area contributed by atoms with Crippen LogP contribution in [0.1, 0.15) is 11.3 Å². The number of rotatable bonds is 3. The van der Waals surface area contributed by atoms with Crippen LogP contribution in [0.4, 0.5) is 13.2 Å². The molecule has 0 aliphatic heterocycles. The lowest BCUT2D eigenvalue weighted by Gasteiger charge is -2.11. The summed E-state index contributed by atoms with van der Waals surface area (Å²) in [6, 6.07) is 3.36. The lowest BCUT2D eigenvalue weighted by Crippen LogP contribution is -2.17. The summed E-state index contributed by atoms with van der Waals surface area (Å²) in [5.41, 5.74) is 4.44. The molecule has 21 heavy (non-hydrogen) atoms. The van der Waals surface area contributed by atoms with Crippen LogP contribution in [0.5, 0.6) is 0 Å². The van der Waals surface area contributed by atoms with Gasteiger partial charge in [-0.05, 0) is 30.0 Å². The van der Waals surface area contributed by atoms with Crippen LogP contribution in [-0.4, -0.2) is 26.0 Å². The largest absolute Gasteiger partial charge is 0.433 e. The number of nitrogens with two attached hydrogens (primary N) is 1. The van der Waals surface area contributed by atoms with Gasteiger partial charge in [0.2, 0.25) is 0 Å². The summed E-state index contributed by atoms with van der Waals surface area (Å²) in [5, 5.41) is 11.8. The number of nitrogens with zero attached hydrogens (tertiary/aromatic N) is 4. The molecule has 0 spiro atoms. The van der Waals surface area contributed by atoms with Crippen molar-refractivity contribution in [3.05, 3.63) is 42.0 Å². The number of pyridine rings is 1. The van der Waals surface area contributed by atoms with Gasteiger partial charge in [-0.2, -0.15) is 13.2 Å². The van der Waals surface area contributed by atoms with Crippen LogP contribution in [0.15, 0.2) is 45.9 Å². The highest BCUT2D eigenvalue weighted by Crippen LogP contribution is 2.32. The Bertz CT molecular complexity index is 663. The Hall–Kier alpha value is -2.36. The number of amidine groups is 1. The summed E-state index contributed by atoms with van der Waals surface area (Å²) in [6.07, 6.45) is -1.91. The van der Waals surface area contributed by atoms with Crippen LogP contribution in [0.2, 0.25) is 0 Å². The number of aromatic nitrogens is 3. The van der Waals surface area contributed by atoms with E-state index in [0.717, 1.165) is 23.9 Å². The van der Waals surface area contributed by atoms with E-state index < -0.39 is 11.9 Å². The van der Waals surface area contributed by atoms with E-state index in [4.69, 9.17) is 10.9 Å². The smallest absolute Gasteiger partial charge is 0.409 e. The molecule has 2 aromatic rings. The summed E-state index contributed by atoms with van der Waals surface area (Å²) in [4.78, 5) is 11.1. The Morgan fingerprint density at radius 2 is 2.05 bits per heavy atom. The molecule has 0 bridgehead atoms. The molecule has 0 atom stereocenters. The van der Waals surface area contributed by atoms with Gasteiger partial charge in [0.1, 0.15) is 22.1 Å². The quantitative estimate of drug-likeness (QED) is 0.296. The second-order valence-corrected chi connectivity index (χ2v) is 4.69. The Morgan fingerprint density at radius 3 is 2.62 bits per heavy atom. The number of halogens is 3. The first-order valence-corrected chi connectivity index (χ1v) is 6.23. The van der Waals surface area contributed by atoms with Crippen LogP contribution in [-0.2, 0) is 6.18 Å². The molecule has 2 heterocycles. The van der Waals surface area contributed by atoms with Gasteiger partial charge in [0.15, 0.2) is 5.84 Å². The molecule has 2 rings (SSSR count). The fraction of sp³-hybridized carbons (Fsp3) is 0.0909. The van der Waals surface area contributed by atoms with Gasteiger partial charge in [0.05, 0.1) is 5.56 Å². The van der Waals surface area contributed by atoms with Gasteiger partial charge in [-0.15, -0.1) is 0 Å². The fourth-order valence-corrected chi connectivity index (χ4v) is 2.22. The van der Waals surface area contributed by atoms with Gasteiger partial charge in [-0.3, -0.25) is 0 Å². The maximum atomic E-state index is 12.7. The van der Waals surface area contributed by atoms with Gasteiger partial charge in [0.25, 0.3) is 0 Å². The highest BCUT2D eigenvalue weighted by molar-refractivity contribution is 7.99. The second-order valence-electron chi connectivity index (χ2n) is 3.68. The van der Waals surface area contributed by atoms with E-state index in [1.165, 1.54) is 18.6 Å². The summed E-state index contributed by atoms with van der Waals surface area (Å²) in [7, 11) is 0. The van der Waals surface area contributed by atoms with Crippen LogP contribution in [0, 0.1) is 0 Å². The highest BCUT2D eigenvalue weighted by atomic mass is 32.2. The lowest BCUT2D eigenvalue weighted by molar-refractivity contribution is -0.141. The van der Waals surface area contributed by atoms with E-state index in [1.807, 2.05) is 0 Å². The van der Waals surface area contributed by atoms with Crippen LogP contribution in [0.3, 0.4) is 0 Å². The Kier molecular flexibility index (Phi) is 4.26. The average Bonchev–Trinajstić information content (AvgIpc) is 2.46. The normalized spacial score (nSPS) is 12.4. The van der Waals surface area contributed by atoms with Gasteiger partial charge in [-0.25, -0.2) is 15.0 Å². The van der Waals surface area contributed by atoms with Crippen LogP contribution >= 0.6 is 11.8 Å². The first-order valence-electron chi connectivity index (χ1n) is 5.42. The molecular weight excluding hydrogens is 307 g/mol. The molecule has 0 amide bonds. The van der Waals surface area contributed by atoms with Crippen molar-refractivity contribution < 1.29 is 18.4 Å². The van der Waals surface area contributed by atoms with E-state index in [1.54, 1.807) is 0 Å². The molecule has 0 saturated carbocycles. The standard InChI is InChI=1S/C11H8F3N5OS/c12-11(13,14)7-2-1-6(9(15)19-20)10(18-7)21-8-3-4-16-5-17-8/h1-5,20H,(H2,15,19). The van der Waals surface area contributed by atoms with Gasteiger partial charge < -0.3 is 10.9 Å². The predicted molar refractivity (Wildman–Crippen MR) is 67.9 cm³/mol. The molecule has 0 radical (unpaired) electrons. The molecule has 10 heteroatoms. The van der Waals surface area contributed by atoms with E-state index in [0.29, 0.717) is 5.03 Å². The molecule has 0 fully saturated rings. The maximum Gasteiger partial charge on any atom is 0.433 e. The molecule has 2 aromatic heterocycles. The zero-order valence-corrected chi connectivity index (χ0v) is 11.1. The number of oxime groups is 1. The molecule has 0 saturated heterocycles. The first-order chi connectivity index (χ1) is 9.91. The first kappa shape index (κ1) is 15.0. The molecule has 3 N–H and O–H groups in total. The van der Waals surface area contributed by atoms with E-state index in [9.17, 15) is 13.2 Å². The minimum absolute atomic E-state index is 0.0705. The summed E-state index contributed by atoms with van der Waals surface area (Å²) < 4.78 is 38.1. The fourth-order valence-electron chi connectivity index (χ4n) is 1.36. The molecule has 0 aliphatic rings. The zero-order chi connectivity index (χ0) is 15.5. The van der Waals surface area contributed by atoms with Crippen molar-refractivity contribution >= 4 is 17.6 Å². The highest BCUT2D eigenvalue weighted by Gasteiger charge is 2.33. The molecule has 0 aliphatic carbocycles. The predicted octanol–water partition coefficient (Wildman–Crippen LogP) is 2.14. The monoisotopic (exact) mass is 315 g/mol. The number of hydrogen-bond acceptors (Lipinski definition) is 6. The van der Waals surface area contributed by atoms with E-state index >= 15 is 0 Å². The molecule has 110 valence electrons. The average molecular weight is 315 g/mol. The van der Waals surface area contributed by atoms with Crippen molar-refractivity contribution in [3.63, 3.8) is 0 Å². The van der Waals surface area contributed by atoms with Crippen LogP contribution < -0.4 is 5.73 Å². The lowest BCUT2D eigenvalue weighted by atomic mass is 10.2. The summed E-state index contributed by atoms with van der Waals surface area (Å²) in [6.45, 7) is 0. The number of alkyl halides is 3. The van der Waals surface area contributed by atoms with E-state index in [-0.39, 0.29) is 16.4 Å². The Balaban J connectivity index is 2.48. The third kappa shape index (κ3) is 3.60. The van der Waals surface area contributed by atoms with Gasteiger partial charge >= 0.3 is 6.18 Å². The van der Waals surface area contributed by atoms with Crippen molar-refractivity contribution in [1.29, 1.82) is 0 Å². The van der Waals surface area contributed by atoms with Crippen molar-refractivity contribution in [3.8, 4) is 0 Å². The molecular formula is C11H8F3N5OS. The van der Waals surface area contributed by atoms with Crippen LogP contribution in [0.25, 0.3) is 0 Å². The SMILES string of the molecule is NC(=NO)c1ccc(C(F)(F)F)nc1Sc1ccncn1. The van der Waals surface area contributed by atoms with Crippen molar-refractivity contribution in [2.24, 2.45) is 10.9 Å². The minimum Gasteiger partial charge on any atom is -0.409 e. The van der Waals surface area contributed by atoms with E-state index in [2.05, 4.69) is 20.1 Å².